The number of carbonyl (C=O) groups is 2. The highest BCUT2D eigenvalue weighted by Crippen LogP contribution is 2.42. The van der Waals surface area contributed by atoms with Crippen molar-refractivity contribution in [1.82, 2.24) is 0 Å². The third-order valence-corrected chi connectivity index (χ3v) is 6.96. The molecule has 48 heavy (non-hydrogen) atoms. The van der Waals surface area contributed by atoms with Gasteiger partial charge in [-0.15, -0.1) is 10.2 Å². The third kappa shape index (κ3) is 10.7. The van der Waals surface area contributed by atoms with Crippen LogP contribution in [0, 0.1) is 23.0 Å². The zero-order valence-electron chi connectivity index (χ0n) is 27.6. The summed E-state index contributed by atoms with van der Waals surface area (Å²) in [4.78, 5) is 35.8. The number of azo groups is 2. The lowest BCUT2D eigenvalue weighted by atomic mass is 9.97. The lowest BCUT2D eigenvalue weighted by Gasteiger charge is -2.25. The topological polar surface area (TPSA) is 167 Å². The molecule has 0 fully saturated rings. The van der Waals surface area contributed by atoms with Crippen LogP contribution in [0.1, 0.15) is 32.8 Å². The molecule has 1 atom stereocenters. The molecule has 1 unspecified atom stereocenters. The van der Waals surface area contributed by atoms with E-state index >= 15 is 0 Å². The molecule has 0 bridgehead atoms. The van der Waals surface area contributed by atoms with Crippen LogP contribution in [0.3, 0.4) is 0 Å². The first-order chi connectivity index (χ1) is 23.1. The van der Waals surface area contributed by atoms with Crippen LogP contribution in [-0.2, 0) is 19.1 Å². The SMILES string of the molecule is C=CC(=O)OCCN(CCOC(=O)C=C)c1ccc(N=Nc2cc(OCC)c(N=NC3=CC=C([N+](=O)[O-])C(C)C3)cc2OCC)c(C)c1. The molecule has 0 radical (unpaired) electrons. The second-order valence-corrected chi connectivity index (χ2v) is 10.4. The number of aryl methyl sites for hydroxylation is 1. The molecular weight excluding hydrogens is 620 g/mol. The van der Waals surface area contributed by atoms with E-state index in [0.717, 1.165) is 23.4 Å². The first kappa shape index (κ1) is 36.8. The molecule has 3 rings (SSSR count). The Kier molecular flexibility index (Phi) is 14.2. The molecule has 2 aromatic rings. The maximum atomic E-state index is 11.5. The molecular formula is C34H40N6O8. The van der Waals surface area contributed by atoms with Gasteiger partial charge in [-0.25, -0.2) is 9.59 Å². The zero-order valence-corrected chi connectivity index (χ0v) is 27.6. The molecule has 0 heterocycles. The van der Waals surface area contributed by atoms with Gasteiger partial charge < -0.3 is 23.8 Å². The van der Waals surface area contributed by atoms with Gasteiger partial charge in [-0.2, -0.15) is 10.2 Å². The van der Waals surface area contributed by atoms with Crippen molar-refractivity contribution in [3.8, 4) is 11.5 Å². The summed E-state index contributed by atoms with van der Waals surface area (Å²) < 4.78 is 22.0. The van der Waals surface area contributed by atoms with Gasteiger partial charge in [0.1, 0.15) is 36.1 Å². The number of nitrogens with zero attached hydrogens (tertiary/aromatic N) is 6. The van der Waals surface area contributed by atoms with Crippen LogP contribution in [0.4, 0.5) is 22.7 Å². The van der Waals surface area contributed by atoms with E-state index in [1.165, 1.54) is 6.08 Å². The predicted molar refractivity (Wildman–Crippen MR) is 180 cm³/mol. The van der Waals surface area contributed by atoms with E-state index in [-0.39, 0.29) is 29.8 Å². The van der Waals surface area contributed by atoms with Gasteiger partial charge in [-0.05, 0) is 50.6 Å². The number of benzene rings is 2. The molecule has 14 nitrogen and oxygen atoms in total. The van der Waals surface area contributed by atoms with E-state index in [9.17, 15) is 19.7 Å². The number of ether oxygens (including phenoxy) is 4. The van der Waals surface area contributed by atoms with Crippen molar-refractivity contribution in [2.45, 2.75) is 34.1 Å². The highest BCUT2D eigenvalue weighted by molar-refractivity contribution is 5.81. The second kappa shape index (κ2) is 18.5. The van der Waals surface area contributed by atoms with Gasteiger partial charge in [0.05, 0.1) is 48.5 Å². The van der Waals surface area contributed by atoms with Crippen LogP contribution in [0.15, 0.2) is 99.6 Å². The zero-order chi connectivity index (χ0) is 35.1. The summed E-state index contributed by atoms with van der Waals surface area (Å²) in [5.74, 6) is -0.518. The van der Waals surface area contributed by atoms with E-state index in [0.29, 0.717) is 67.0 Å². The van der Waals surface area contributed by atoms with Crippen molar-refractivity contribution in [1.29, 1.82) is 0 Å². The first-order valence-electron chi connectivity index (χ1n) is 15.4. The Bertz CT molecular complexity index is 1610. The lowest BCUT2D eigenvalue weighted by molar-refractivity contribution is -0.433. The smallest absolute Gasteiger partial charge is 0.330 e. The summed E-state index contributed by atoms with van der Waals surface area (Å²) in [6, 6.07) is 8.90. The number of allylic oxidation sites excluding steroid dienone is 4. The van der Waals surface area contributed by atoms with Crippen molar-refractivity contribution in [2.24, 2.45) is 26.4 Å². The van der Waals surface area contributed by atoms with E-state index in [2.05, 4.69) is 33.6 Å². The number of carbonyl (C=O) groups excluding carboxylic acids is 2. The van der Waals surface area contributed by atoms with Crippen molar-refractivity contribution < 1.29 is 33.5 Å². The van der Waals surface area contributed by atoms with Crippen molar-refractivity contribution in [3.05, 3.63) is 94.9 Å². The van der Waals surface area contributed by atoms with Crippen LogP contribution in [0.25, 0.3) is 0 Å². The van der Waals surface area contributed by atoms with Gasteiger partial charge in [0, 0.05) is 42.5 Å². The first-order valence-corrected chi connectivity index (χ1v) is 15.4. The molecule has 0 amide bonds. The Morgan fingerprint density at radius 3 is 1.92 bits per heavy atom. The van der Waals surface area contributed by atoms with Crippen molar-refractivity contribution in [3.63, 3.8) is 0 Å². The quantitative estimate of drug-likeness (QED) is 0.0513. The normalized spacial score (nSPS) is 14.2. The van der Waals surface area contributed by atoms with Gasteiger partial charge >= 0.3 is 11.9 Å². The Labute approximate surface area is 279 Å². The van der Waals surface area contributed by atoms with Gasteiger partial charge in [-0.1, -0.05) is 20.1 Å². The molecule has 0 aliphatic heterocycles. The fraction of sp³-hybridized carbons (Fsp3) is 0.353. The van der Waals surface area contributed by atoms with Crippen molar-refractivity contribution >= 4 is 34.7 Å². The Morgan fingerprint density at radius 1 is 0.896 bits per heavy atom. The number of rotatable bonds is 18. The van der Waals surface area contributed by atoms with Gasteiger partial charge in [0.2, 0.25) is 5.70 Å². The molecule has 0 N–H and O–H groups in total. The molecule has 2 aromatic carbocycles. The molecule has 0 aromatic heterocycles. The third-order valence-electron chi connectivity index (χ3n) is 6.96. The lowest BCUT2D eigenvalue weighted by Crippen LogP contribution is -2.32. The summed E-state index contributed by atoms with van der Waals surface area (Å²) in [5.41, 5.74) is 3.77. The van der Waals surface area contributed by atoms with Crippen LogP contribution in [0.5, 0.6) is 11.5 Å². The summed E-state index contributed by atoms with van der Waals surface area (Å²) in [5, 5.41) is 28.9. The van der Waals surface area contributed by atoms with E-state index in [1.54, 1.807) is 31.2 Å². The molecule has 14 heteroatoms. The summed E-state index contributed by atoms with van der Waals surface area (Å²) >= 11 is 0. The number of nitro groups is 1. The largest absolute Gasteiger partial charge is 0.491 e. The number of esters is 2. The Morgan fingerprint density at radius 2 is 1.44 bits per heavy atom. The van der Waals surface area contributed by atoms with E-state index in [4.69, 9.17) is 18.9 Å². The minimum absolute atomic E-state index is 0.106. The maximum absolute atomic E-state index is 11.5. The summed E-state index contributed by atoms with van der Waals surface area (Å²) in [6.07, 6.45) is 5.62. The molecule has 0 spiro atoms. The number of anilines is 1. The molecule has 0 saturated carbocycles. The minimum Gasteiger partial charge on any atom is -0.491 e. The molecule has 1 aliphatic carbocycles. The predicted octanol–water partition coefficient (Wildman–Crippen LogP) is 7.64. The Hall–Kier alpha value is -5.66. The van der Waals surface area contributed by atoms with Crippen LogP contribution < -0.4 is 14.4 Å². The molecule has 1 aliphatic rings. The van der Waals surface area contributed by atoms with Crippen molar-refractivity contribution in [2.75, 3.05) is 44.4 Å². The van der Waals surface area contributed by atoms with Gasteiger partial charge in [0.15, 0.2) is 0 Å². The standard InChI is InChI=1S/C34H40N6O8/c1-7-33(41)47-17-15-39(16-18-48-34(42)8-2)26-12-13-27(23(5)20-26)36-38-29-22-31(45-9-3)28(21-32(29)46-10-4)37-35-25-11-14-30(40(43)44)24(6)19-25/h7-8,11-14,20-22,24H,1-2,9-10,15-19H2,3-6H3. The van der Waals surface area contributed by atoms with E-state index in [1.807, 2.05) is 37.8 Å². The fourth-order valence-corrected chi connectivity index (χ4v) is 4.56. The summed E-state index contributed by atoms with van der Waals surface area (Å²) in [6.45, 7) is 15.8. The molecule has 0 saturated heterocycles. The monoisotopic (exact) mass is 660 g/mol. The number of hydrogen-bond acceptors (Lipinski definition) is 13. The number of hydrogen-bond donors (Lipinski definition) is 0. The highest BCUT2D eigenvalue weighted by Gasteiger charge is 2.24. The maximum Gasteiger partial charge on any atom is 0.330 e. The highest BCUT2D eigenvalue weighted by atomic mass is 16.6. The van der Waals surface area contributed by atoms with Crippen LogP contribution >= 0.6 is 0 Å². The van der Waals surface area contributed by atoms with Crippen LogP contribution in [-0.4, -0.2) is 56.4 Å². The minimum atomic E-state index is -0.531. The summed E-state index contributed by atoms with van der Waals surface area (Å²) in [7, 11) is 0. The van der Waals surface area contributed by atoms with Gasteiger partial charge in [0.25, 0.3) is 0 Å². The average Bonchev–Trinajstić information content (AvgIpc) is 3.06. The molecule has 254 valence electrons. The van der Waals surface area contributed by atoms with Gasteiger partial charge in [-0.3, -0.25) is 10.1 Å². The second-order valence-electron chi connectivity index (χ2n) is 10.4. The average molecular weight is 661 g/mol. The Balaban J connectivity index is 1.87. The van der Waals surface area contributed by atoms with E-state index < -0.39 is 11.9 Å². The fourth-order valence-electron chi connectivity index (χ4n) is 4.56. The van der Waals surface area contributed by atoms with Crippen LogP contribution in [0.2, 0.25) is 0 Å².